The maximum absolute atomic E-state index is 12.9. The van der Waals surface area contributed by atoms with Crippen LogP contribution in [0.4, 0.5) is 5.82 Å². The highest BCUT2D eigenvalue weighted by Gasteiger charge is 2.47. The van der Waals surface area contributed by atoms with Gasteiger partial charge in [-0.3, -0.25) is 4.79 Å². The molecule has 0 saturated heterocycles. The zero-order valence-electron chi connectivity index (χ0n) is 13.4. The van der Waals surface area contributed by atoms with Gasteiger partial charge in [0.2, 0.25) is 5.91 Å². The van der Waals surface area contributed by atoms with Crippen molar-refractivity contribution in [3.8, 4) is 6.07 Å². The molecule has 1 aliphatic heterocycles. The highest BCUT2D eigenvalue weighted by molar-refractivity contribution is 5.86. The highest BCUT2D eigenvalue weighted by Crippen LogP contribution is 2.46. The lowest BCUT2D eigenvalue weighted by molar-refractivity contribution is -0.123. The van der Waals surface area contributed by atoms with E-state index in [4.69, 9.17) is 5.26 Å². The van der Waals surface area contributed by atoms with Gasteiger partial charge < -0.3 is 10.6 Å². The number of benzene rings is 1. The van der Waals surface area contributed by atoms with Gasteiger partial charge in [-0.2, -0.15) is 5.26 Å². The fourth-order valence-corrected chi connectivity index (χ4v) is 3.36. The summed E-state index contributed by atoms with van der Waals surface area (Å²) in [5.74, 6) is 0.516. The van der Waals surface area contributed by atoms with Crippen molar-refractivity contribution in [2.75, 3.05) is 11.9 Å². The van der Waals surface area contributed by atoms with Crippen LogP contribution >= 0.6 is 0 Å². The van der Waals surface area contributed by atoms with Crippen molar-refractivity contribution >= 4 is 11.7 Å². The number of aromatic nitrogens is 3. The van der Waals surface area contributed by atoms with Crippen LogP contribution in [0.3, 0.4) is 0 Å². The van der Waals surface area contributed by atoms with Crippen molar-refractivity contribution in [3.63, 3.8) is 0 Å². The second-order valence-electron chi connectivity index (χ2n) is 6.48. The number of anilines is 1. The lowest BCUT2D eigenvalue weighted by Gasteiger charge is -2.25. The third-order valence-electron chi connectivity index (χ3n) is 4.88. The van der Waals surface area contributed by atoms with Crippen LogP contribution in [0.5, 0.6) is 0 Å². The third kappa shape index (κ3) is 2.31. The minimum absolute atomic E-state index is 0.0156. The molecule has 24 heavy (non-hydrogen) atoms. The Hall–Kier alpha value is -2.88. The van der Waals surface area contributed by atoms with Crippen molar-refractivity contribution in [1.29, 1.82) is 5.26 Å². The van der Waals surface area contributed by atoms with Gasteiger partial charge >= 0.3 is 0 Å². The third-order valence-corrected chi connectivity index (χ3v) is 4.88. The Kier molecular flexibility index (Phi) is 3.27. The topological polar surface area (TPSA) is 95.6 Å². The average molecular weight is 322 g/mol. The molecule has 2 heterocycles. The van der Waals surface area contributed by atoms with Crippen LogP contribution in [-0.2, 0) is 17.4 Å². The van der Waals surface area contributed by atoms with Crippen LogP contribution in [0.25, 0.3) is 0 Å². The van der Waals surface area contributed by atoms with Crippen molar-refractivity contribution in [2.24, 2.45) is 7.05 Å². The second kappa shape index (κ2) is 5.34. The predicted octanol–water partition coefficient (Wildman–Crippen LogP) is 1.39. The first-order chi connectivity index (χ1) is 11.6. The van der Waals surface area contributed by atoms with E-state index in [-0.39, 0.29) is 17.4 Å². The van der Waals surface area contributed by atoms with E-state index in [1.165, 1.54) is 0 Å². The number of rotatable bonds is 3. The molecular formula is C17H18N6O. The Morgan fingerprint density at radius 2 is 2.33 bits per heavy atom. The Balaban J connectivity index is 1.57. The summed E-state index contributed by atoms with van der Waals surface area (Å²) in [6, 6.07) is 9.64. The largest absolute Gasteiger partial charge is 0.369 e. The van der Waals surface area contributed by atoms with E-state index >= 15 is 0 Å². The predicted molar refractivity (Wildman–Crippen MR) is 87.1 cm³/mol. The van der Waals surface area contributed by atoms with Gasteiger partial charge in [-0.15, -0.1) is 5.10 Å². The van der Waals surface area contributed by atoms with Gasteiger partial charge in [-0.05, 0) is 37.0 Å². The zero-order valence-corrected chi connectivity index (χ0v) is 13.4. The molecule has 0 bridgehead atoms. The molecule has 2 N–H and O–H groups in total. The first-order valence-corrected chi connectivity index (χ1v) is 8.09. The molecule has 0 unspecified atom stereocenters. The number of amides is 1. The van der Waals surface area contributed by atoms with E-state index in [0.29, 0.717) is 17.7 Å². The summed E-state index contributed by atoms with van der Waals surface area (Å²) >= 11 is 0. The maximum Gasteiger partial charge on any atom is 0.230 e. The number of nitrogens with zero attached hydrogens (tertiary/aromatic N) is 4. The molecule has 7 heteroatoms. The Morgan fingerprint density at radius 3 is 3.08 bits per heavy atom. The molecule has 1 atom stereocenters. The molecule has 1 aromatic heterocycles. The lowest BCUT2D eigenvalue weighted by atomic mass is 9.95. The molecule has 0 spiro atoms. The van der Waals surface area contributed by atoms with E-state index in [1.54, 1.807) is 10.7 Å². The molecule has 1 fully saturated rings. The second-order valence-corrected chi connectivity index (χ2v) is 6.48. The van der Waals surface area contributed by atoms with Crippen LogP contribution in [0, 0.1) is 11.3 Å². The van der Waals surface area contributed by atoms with E-state index < -0.39 is 0 Å². The Morgan fingerprint density at radius 1 is 1.50 bits per heavy atom. The minimum Gasteiger partial charge on any atom is -0.369 e. The highest BCUT2D eigenvalue weighted by atomic mass is 16.2. The van der Waals surface area contributed by atoms with Crippen molar-refractivity contribution in [2.45, 2.75) is 30.7 Å². The summed E-state index contributed by atoms with van der Waals surface area (Å²) in [5, 5.41) is 23.7. The summed E-state index contributed by atoms with van der Waals surface area (Å²) in [5.41, 5.74) is 1.99. The first-order valence-electron chi connectivity index (χ1n) is 8.09. The molecule has 4 rings (SSSR count). The number of carbonyl (C=O) groups is 1. The molecule has 2 aliphatic rings. The Labute approximate surface area is 139 Å². The zero-order chi connectivity index (χ0) is 16.7. The first kappa shape index (κ1) is 14.7. The fraction of sp³-hybridized carbons (Fsp3) is 0.412. The molecule has 1 saturated carbocycles. The van der Waals surface area contributed by atoms with Gasteiger partial charge in [-0.1, -0.05) is 17.3 Å². The minimum atomic E-state index is -0.336. The van der Waals surface area contributed by atoms with Crippen LogP contribution in [0.2, 0.25) is 0 Å². The fourth-order valence-electron chi connectivity index (χ4n) is 3.36. The maximum atomic E-state index is 12.9. The number of fused-ring (bicyclic) bond motifs is 1. The number of hydrogen-bond donors (Lipinski definition) is 2. The number of carbonyl (C=O) groups excluding carboxylic acids is 1. The molecule has 0 radical (unpaired) electrons. The van der Waals surface area contributed by atoms with Gasteiger partial charge in [-0.25, -0.2) is 4.68 Å². The summed E-state index contributed by atoms with van der Waals surface area (Å²) in [4.78, 5) is 12.9. The summed E-state index contributed by atoms with van der Waals surface area (Å²) in [7, 11) is 1.81. The molecular weight excluding hydrogens is 304 g/mol. The average Bonchev–Trinajstić information content (AvgIpc) is 3.30. The summed E-state index contributed by atoms with van der Waals surface area (Å²) in [6.07, 6.45) is 2.49. The molecule has 2 aromatic rings. The van der Waals surface area contributed by atoms with Gasteiger partial charge in [0.1, 0.15) is 11.5 Å². The van der Waals surface area contributed by atoms with Crippen molar-refractivity contribution < 1.29 is 4.79 Å². The van der Waals surface area contributed by atoms with Gasteiger partial charge in [0.25, 0.3) is 0 Å². The van der Waals surface area contributed by atoms with Crippen molar-refractivity contribution in [3.05, 3.63) is 41.1 Å². The van der Waals surface area contributed by atoms with Gasteiger partial charge in [0.05, 0.1) is 23.1 Å². The van der Waals surface area contributed by atoms with Crippen molar-refractivity contribution in [1.82, 2.24) is 20.3 Å². The smallest absolute Gasteiger partial charge is 0.230 e. The number of aryl methyl sites for hydroxylation is 1. The van der Waals surface area contributed by atoms with Crippen LogP contribution < -0.4 is 10.6 Å². The summed E-state index contributed by atoms with van der Waals surface area (Å²) < 4.78 is 1.66. The summed E-state index contributed by atoms with van der Waals surface area (Å²) in [6.45, 7) is 0.725. The van der Waals surface area contributed by atoms with E-state index in [2.05, 4.69) is 27.0 Å². The SMILES string of the molecule is Cn1nnc2c1NCC[C@@H]2C(=O)NC1(c2cccc(C#N)c2)CC1. The standard InChI is InChI=1S/C17H18N6O/c1-23-15-14(21-22-23)13(5-8-19-15)16(24)20-17(6-7-17)12-4-2-3-11(9-12)10-18/h2-4,9,13,19H,5-8H2,1H3,(H,20,24)/t13-/m0/s1. The molecule has 1 aliphatic carbocycles. The lowest BCUT2D eigenvalue weighted by Crippen LogP contribution is -2.40. The molecule has 7 nitrogen and oxygen atoms in total. The van der Waals surface area contributed by atoms with Crippen LogP contribution in [-0.4, -0.2) is 27.4 Å². The van der Waals surface area contributed by atoms with Crippen LogP contribution in [0.15, 0.2) is 24.3 Å². The van der Waals surface area contributed by atoms with Gasteiger partial charge in [0, 0.05) is 13.6 Å². The van der Waals surface area contributed by atoms with E-state index in [9.17, 15) is 4.79 Å². The van der Waals surface area contributed by atoms with E-state index in [0.717, 1.165) is 30.8 Å². The number of nitrogens with one attached hydrogen (secondary N) is 2. The Bertz CT molecular complexity index is 845. The van der Waals surface area contributed by atoms with Gasteiger partial charge in [0.15, 0.2) is 0 Å². The number of nitriles is 1. The molecule has 1 amide bonds. The quantitative estimate of drug-likeness (QED) is 0.890. The normalized spacial score (nSPS) is 20.4. The monoisotopic (exact) mass is 322 g/mol. The van der Waals surface area contributed by atoms with E-state index in [1.807, 2.05) is 25.2 Å². The molecule has 122 valence electrons. The van der Waals surface area contributed by atoms with Crippen LogP contribution in [0.1, 0.15) is 42.0 Å². The number of hydrogen-bond acceptors (Lipinski definition) is 5. The molecule has 1 aromatic carbocycles.